The molecule has 92 valence electrons. The minimum Gasteiger partial charge on any atom is -0.385 e. The molecule has 0 aromatic carbocycles. The lowest BCUT2D eigenvalue weighted by Crippen LogP contribution is -2.28. The van der Waals surface area contributed by atoms with Crippen LogP contribution in [0.2, 0.25) is 0 Å². The highest BCUT2D eigenvalue weighted by Crippen LogP contribution is 1.97. The Morgan fingerprint density at radius 3 is 2.40 bits per heavy atom. The lowest BCUT2D eigenvalue weighted by molar-refractivity contribution is 0.194. The van der Waals surface area contributed by atoms with Crippen LogP contribution in [-0.4, -0.2) is 51.3 Å². The molecule has 0 aliphatic rings. The second-order valence-electron chi connectivity index (χ2n) is 4.38. The van der Waals surface area contributed by atoms with E-state index in [0.717, 1.165) is 26.1 Å². The van der Waals surface area contributed by atoms with Gasteiger partial charge in [-0.15, -0.1) is 0 Å². The summed E-state index contributed by atoms with van der Waals surface area (Å²) in [6.45, 7) is 8.76. The number of methoxy groups -OCH3 is 1. The van der Waals surface area contributed by atoms with Gasteiger partial charge in [0.05, 0.1) is 0 Å². The number of nitrogens with one attached hydrogen (secondary N) is 1. The highest BCUT2D eigenvalue weighted by Gasteiger charge is 2.01. The number of hydrogen-bond donors (Lipinski definition) is 1. The van der Waals surface area contributed by atoms with Gasteiger partial charge < -0.3 is 15.0 Å². The van der Waals surface area contributed by atoms with Crippen LogP contribution in [0.15, 0.2) is 0 Å². The van der Waals surface area contributed by atoms with Crippen molar-refractivity contribution < 1.29 is 4.74 Å². The van der Waals surface area contributed by atoms with E-state index in [2.05, 4.69) is 31.1 Å². The Bertz CT molecular complexity index is 129. The molecule has 3 nitrogen and oxygen atoms in total. The molecule has 0 heterocycles. The Balaban J connectivity index is 3.05. The first kappa shape index (κ1) is 14.9. The molecule has 0 aliphatic carbocycles. The molecule has 0 atom stereocenters. The third-order valence-corrected chi connectivity index (χ3v) is 2.70. The van der Waals surface area contributed by atoms with Gasteiger partial charge in [0.1, 0.15) is 0 Å². The normalized spacial score (nSPS) is 11.6. The number of nitrogens with zero attached hydrogens (tertiary/aromatic N) is 1. The summed E-state index contributed by atoms with van der Waals surface area (Å²) in [4.78, 5) is 2.39. The molecule has 15 heavy (non-hydrogen) atoms. The van der Waals surface area contributed by atoms with Crippen molar-refractivity contribution in [3.05, 3.63) is 0 Å². The van der Waals surface area contributed by atoms with Crippen LogP contribution in [0.4, 0.5) is 0 Å². The highest BCUT2D eigenvalue weighted by molar-refractivity contribution is 4.57. The average Bonchev–Trinajstić information content (AvgIpc) is 2.21. The monoisotopic (exact) mass is 216 g/mol. The number of unbranched alkanes of at least 4 members (excludes halogenated alkanes) is 1. The Labute approximate surface area is 95.2 Å². The Hall–Kier alpha value is -0.120. The number of ether oxygens (including phenoxy) is 1. The van der Waals surface area contributed by atoms with E-state index in [9.17, 15) is 0 Å². The van der Waals surface area contributed by atoms with Crippen molar-refractivity contribution in [2.75, 3.05) is 40.4 Å². The van der Waals surface area contributed by atoms with Crippen LogP contribution in [0.25, 0.3) is 0 Å². The summed E-state index contributed by atoms with van der Waals surface area (Å²) >= 11 is 0. The molecule has 0 unspecified atom stereocenters. The first-order chi connectivity index (χ1) is 7.18. The molecular weight excluding hydrogens is 188 g/mol. The zero-order valence-electron chi connectivity index (χ0n) is 10.9. The Morgan fingerprint density at radius 1 is 1.13 bits per heavy atom. The molecule has 0 spiro atoms. The maximum absolute atomic E-state index is 4.98. The fourth-order valence-corrected chi connectivity index (χ4v) is 1.34. The molecule has 1 N–H and O–H groups in total. The van der Waals surface area contributed by atoms with Crippen molar-refractivity contribution >= 4 is 0 Å². The second kappa shape index (κ2) is 10.4. The summed E-state index contributed by atoms with van der Waals surface area (Å²) in [6, 6.07) is 0.666. The first-order valence-electron chi connectivity index (χ1n) is 6.08. The van der Waals surface area contributed by atoms with E-state index >= 15 is 0 Å². The topological polar surface area (TPSA) is 24.5 Å². The molecule has 3 heteroatoms. The predicted molar refractivity (Wildman–Crippen MR) is 66.4 cm³/mol. The van der Waals surface area contributed by atoms with E-state index in [-0.39, 0.29) is 0 Å². The molecule has 0 radical (unpaired) electrons. The average molecular weight is 216 g/mol. The van der Waals surface area contributed by atoms with Crippen molar-refractivity contribution in [3.63, 3.8) is 0 Å². The van der Waals surface area contributed by atoms with Crippen molar-refractivity contribution in [1.29, 1.82) is 0 Å². The minimum absolute atomic E-state index is 0.666. The third kappa shape index (κ3) is 10.2. The van der Waals surface area contributed by atoms with Gasteiger partial charge in [-0.3, -0.25) is 0 Å². The van der Waals surface area contributed by atoms with Crippen LogP contribution < -0.4 is 5.32 Å². The molecule has 0 aromatic rings. The number of rotatable bonds is 10. The van der Waals surface area contributed by atoms with Crippen molar-refractivity contribution in [2.45, 2.75) is 39.2 Å². The molecule has 0 bridgehead atoms. The Kier molecular flexibility index (Phi) is 10.3. The van der Waals surface area contributed by atoms with E-state index in [1.165, 1.54) is 19.4 Å². The summed E-state index contributed by atoms with van der Waals surface area (Å²) in [7, 11) is 3.94. The molecule has 0 amide bonds. The van der Waals surface area contributed by atoms with Crippen LogP contribution in [0.1, 0.15) is 33.1 Å². The fourth-order valence-electron chi connectivity index (χ4n) is 1.34. The predicted octanol–water partition coefficient (Wildman–Crippen LogP) is 1.73. The summed E-state index contributed by atoms with van der Waals surface area (Å²) in [5.74, 6) is 0. The van der Waals surface area contributed by atoms with Crippen molar-refractivity contribution in [2.24, 2.45) is 0 Å². The minimum atomic E-state index is 0.666. The van der Waals surface area contributed by atoms with Crippen LogP contribution in [0, 0.1) is 0 Å². The zero-order chi connectivity index (χ0) is 11.5. The summed E-state index contributed by atoms with van der Waals surface area (Å²) < 4.78 is 4.98. The zero-order valence-corrected chi connectivity index (χ0v) is 10.9. The van der Waals surface area contributed by atoms with E-state index < -0.39 is 0 Å². The summed E-state index contributed by atoms with van der Waals surface area (Å²) in [5.41, 5.74) is 0. The molecule has 0 aliphatic heterocycles. The van der Waals surface area contributed by atoms with Gasteiger partial charge in [0.25, 0.3) is 0 Å². The van der Waals surface area contributed by atoms with E-state index in [4.69, 9.17) is 4.74 Å². The molecule has 0 fully saturated rings. The van der Waals surface area contributed by atoms with Crippen LogP contribution >= 0.6 is 0 Å². The van der Waals surface area contributed by atoms with Crippen molar-refractivity contribution in [3.8, 4) is 0 Å². The van der Waals surface area contributed by atoms with Gasteiger partial charge in [0.15, 0.2) is 0 Å². The molecular formula is C12H28N2O. The standard InChI is InChI=1S/C12H28N2O/c1-12(2)14(3)10-6-5-8-13-9-7-11-15-4/h12-13H,5-11H2,1-4H3. The van der Waals surface area contributed by atoms with Gasteiger partial charge in [0.2, 0.25) is 0 Å². The van der Waals surface area contributed by atoms with Gasteiger partial charge in [-0.2, -0.15) is 0 Å². The molecule has 0 saturated heterocycles. The van der Waals surface area contributed by atoms with Gasteiger partial charge in [-0.05, 0) is 59.8 Å². The van der Waals surface area contributed by atoms with Crippen LogP contribution in [0.5, 0.6) is 0 Å². The summed E-state index contributed by atoms with van der Waals surface area (Å²) in [6.07, 6.45) is 3.67. The van der Waals surface area contributed by atoms with Crippen LogP contribution in [-0.2, 0) is 4.74 Å². The van der Waals surface area contributed by atoms with Gasteiger partial charge in [-0.25, -0.2) is 0 Å². The van der Waals surface area contributed by atoms with Crippen molar-refractivity contribution in [1.82, 2.24) is 10.2 Å². The lowest BCUT2D eigenvalue weighted by atomic mass is 10.2. The SMILES string of the molecule is COCCCNCCCCN(C)C(C)C. The molecule has 0 aromatic heterocycles. The Morgan fingerprint density at radius 2 is 1.80 bits per heavy atom. The van der Waals surface area contributed by atoms with Gasteiger partial charge >= 0.3 is 0 Å². The second-order valence-corrected chi connectivity index (χ2v) is 4.38. The third-order valence-electron chi connectivity index (χ3n) is 2.70. The fraction of sp³-hybridized carbons (Fsp3) is 1.00. The smallest absolute Gasteiger partial charge is 0.0474 e. The molecule has 0 rings (SSSR count). The van der Waals surface area contributed by atoms with Gasteiger partial charge in [0, 0.05) is 19.8 Å². The quantitative estimate of drug-likeness (QED) is 0.563. The van der Waals surface area contributed by atoms with E-state index in [1.54, 1.807) is 7.11 Å². The van der Waals surface area contributed by atoms with Crippen LogP contribution in [0.3, 0.4) is 0 Å². The summed E-state index contributed by atoms with van der Waals surface area (Å²) in [5, 5.41) is 3.42. The van der Waals surface area contributed by atoms with Gasteiger partial charge in [-0.1, -0.05) is 0 Å². The maximum atomic E-state index is 4.98. The van der Waals surface area contributed by atoms with E-state index in [0.29, 0.717) is 6.04 Å². The highest BCUT2D eigenvalue weighted by atomic mass is 16.5. The first-order valence-corrected chi connectivity index (χ1v) is 6.08. The number of hydrogen-bond acceptors (Lipinski definition) is 3. The molecule has 0 saturated carbocycles. The maximum Gasteiger partial charge on any atom is 0.0474 e. The van der Waals surface area contributed by atoms with E-state index in [1.807, 2.05) is 0 Å². The largest absolute Gasteiger partial charge is 0.385 e. The lowest BCUT2D eigenvalue weighted by Gasteiger charge is -2.20.